The van der Waals surface area contributed by atoms with E-state index in [9.17, 15) is 4.79 Å². The number of nitrogens with one attached hydrogen (secondary N) is 1. The molecule has 0 spiro atoms. The zero-order valence-corrected chi connectivity index (χ0v) is 11.5. The third-order valence-electron chi connectivity index (χ3n) is 3.80. The molecule has 0 aromatic carbocycles. The topological polar surface area (TPSA) is 55.1 Å². The van der Waals surface area contributed by atoms with E-state index >= 15 is 0 Å². The molecule has 3 heteroatoms. The number of rotatable bonds is 8. The lowest BCUT2D eigenvalue weighted by molar-refractivity contribution is -0.127. The maximum Gasteiger partial charge on any atom is 0.238 e. The van der Waals surface area contributed by atoms with Crippen molar-refractivity contribution in [3.8, 4) is 0 Å². The summed E-state index contributed by atoms with van der Waals surface area (Å²) in [5.41, 5.74) is 5.11. The molecule has 3 N–H and O–H groups in total. The van der Waals surface area contributed by atoms with Gasteiger partial charge in [0.15, 0.2) is 0 Å². The second kappa shape index (κ2) is 6.89. The summed E-state index contributed by atoms with van der Waals surface area (Å²) in [6.45, 7) is 10.5. The number of carbonyl (C=O) groups is 1. The fourth-order valence-corrected chi connectivity index (χ4v) is 2.48. The van der Waals surface area contributed by atoms with Gasteiger partial charge in [-0.25, -0.2) is 0 Å². The summed E-state index contributed by atoms with van der Waals surface area (Å²) in [5.74, 6) is 0.119. The van der Waals surface area contributed by atoms with E-state index in [0.717, 1.165) is 25.7 Å². The van der Waals surface area contributed by atoms with Crippen LogP contribution in [0.1, 0.15) is 60.3 Å². The van der Waals surface area contributed by atoms with Gasteiger partial charge in [-0.2, -0.15) is 0 Å². The molecule has 1 amide bonds. The van der Waals surface area contributed by atoms with E-state index in [4.69, 9.17) is 5.73 Å². The maximum atomic E-state index is 11.8. The van der Waals surface area contributed by atoms with Crippen molar-refractivity contribution >= 4 is 5.91 Å². The van der Waals surface area contributed by atoms with Crippen LogP contribution in [-0.2, 0) is 4.79 Å². The minimum atomic E-state index is -0.529. The van der Waals surface area contributed by atoms with Gasteiger partial charge in [0.1, 0.15) is 5.54 Å². The van der Waals surface area contributed by atoms with Crippen LogP contribution in [0.25, 0.3) is 0 Å². The van der Waals surface area contributed by atoms with Crippen LogP contribution in [0, 0.1) is 5.92 Å². The molecule has 16 heavy (non-hydrogen) atoms. The third-order valence-corrected chi connectivity index (χ3v) is 3.80. The van der Waals surface area contributed by atoms with E-state index in [1.54, 1.807) is 0 Å². The molecular formula is C13H28N2O. The molecule has 0 aliphatic rings. The third kappa shape index (κ3) is 3.21. The number of hydrogen-bond acceptors (Lipinski definition) is 2. The van der Waals surface area contributed by atoms with E-state index in [1.165, 1.54) is 0 Å². The molecule has 0 aliphatic heterocycles. The standard InChI is InChI=1S/C13H28N2O/c1-6-10(5)15-13(9-4,12(14)16)11(7-2)8-3/h10-11,15H,6-9H2,1-5H3,(H2,14,16). The Morgan fingerprint density at radius 2 is 1.69 bits per heavy atom. The number of primary amides is 1. The van der Waals surface area contributed by atoms with Gasteiger partial charge in [-0.3, -0.25) is 4.79 Å². The first-order valence-corrected chi connectivity index (χ1v) is 6.55. The van der Waals surface area contributed by atoms with E-state index in [0.29, 0.717) is 12.0 Å². The minimum absolute atomic E-state index is 0.205. The van der Waals surface area contributed by atoms with Gasteiger partial charge >= 0.3 is 0 Å². The second-order valence-electron chi connectivity index (χ2n) is 4.66. The lowest BCUT2D eigenvalue weighted by Gasteiger charge is -2.40. The molecule has 0 saturated heterocycles. The molecule has 2 atom stereocenters. The van der Waals surface area contributed by atoms with Crippen LogP contribution in [0.2, 0.25) is 0 Å². The highest BCUT2D eigenvalue weighted by molar-refractivity contribution is 5.85. The van der Waals surface area contributed by atoms with Gasteiger partial charge in [-0.15, -0.1) is 0 Å². The van der Waals surface area contributed by atoms with Crippen LogP contribution < -0.4 is 11.1 Å². The van der Waals surface area contributed by atoms with Gasteiger partial charge in [0.05, 0.1) is 0 Å². The van der Waals surface area contributed by atoms with E-state index in [2.05, 4.69) is 33.0 Å². The SMILES string of the molecule is CCC(C)NC(CC)(C(N)=O)C(CC)CC. The van der Waals surface area contributed by atoms with Gasteiger partial charge in [-0.05, 0) is 25.7 Å². The van der Waals surface area contributed by atoms with Gasteiger partial charge in [0, 0.05) is 6.04 Å². The Kier molecular flexibility index (Phi) is 6.65. The van der Waals surface area contributed by atoms with E-state index in [-0.39, 0.29) is 5.91 Å². The highest BCUT2D eigenvalue weighted by atomic mass is 16.1. The molecule has 0 rings (SSSR count). The highest BCUT2D eigenvalue weighted by Gasteiger charge is 2.41. The fraction of sp³-hybridized carbons (Fsp3) is 0.923. The van der Waals surface area contributed by atoms with Crippen LogP contribution in [0.4, 0.5) is 0 Å². The van der Waals surface area contributed by atoms with Crippen molar-refractivity contribution in [2.24, 2.45) is 11.7 Å². The number of nitrogens with two attached hydrogens (primary N) is 1. The van der Waals surface area contributed by atoms with Crippen molar-refractivity contribution in [1.82, 2.24) is 5.32 Å². The molecule has 96 valence electrons. The molecule has 2 unspecified atom stereocenters. The first-order chi connectivity index (χ1) is 7.48. The first kappa shape index (κ1) is 15.4. The molecule has 0 aliphatic carbocycles. The first-order valence-electron chi connectivity index (χ1n) is 6.55. The highest BCUT2D eigenvalue weighted by Crippen LogP contribution is 2.28. The summed E-state index contributed by atoms with van der Waals surface area (Å²) >= 11 is 0. The Hall–Kier alpha value is -0.570. The van der Waals surface area contributed by atoms with Crippen molar-refractivity contribution < 1.29 is 4.79 Å². The van der Waals surface area contributed by atoms with Crippen molar-refractivity contribution in [1.29, 1.82) is 0 Å². The molecule has 0 radical (unpaired) electrons. The summed E-state index contributed by atoms with van der Waals surface area (Å²) in [7, 11) is 0. The molecule has 0 aromatic heterocycles. The molecule has 0 fully saturated rings. The number of hydrogen-bond donors (Lipinski definition) is 2. The Morgan fingerprint density at radius 3 is 1.94 bits per heavy atom. The Labute approximate surface area is 100 Å². The van der Waals surface area contributed by atoms with E-state index < -0.39 is 5.54 Å². The zero-order valence-electron chi connectivity index (χ0n) is 11.5. The van der Waals surface area contributed by atoms with Crippen LogP contribution in [-0.4, -0.2) is 17.5 Å². The Morgan fingerprint density at radius 1 is 1.19 bits per heavy atom. The quantitative estimate of drug-likeness (QED) is 0.670. The molecule has 0 bridgehead atoms. The smallest absolute Gasteiger partial charge is 0.238 e. The van der Waals surface area contributed by atoms with Gasteiger partial charge < -0.3 is 11.1 Å². The molecule has 0 aromatic rings. The van der Waals surface area contributed by atoms with Crippen molar-refractivity contribution in [3.63, 3.8) is 0 Å². The van der Waals surface area contributed by atoms with Gasteiger partial charge in [-0.1, -0.05) is 40.5 Å². The summed E-state index contributed by atoms with van der Waals surface area (Å²) in [6, 6.07) is 0.327. The lowest BCUT2D eigenvalue weighted by Crippen LogP contribution is -2.62. The van der Waals surface area contributed by atoms with Crippen molar-refractivity contribution in [3.05, 3.63) is 0 Å². The van der Waals surface area contributed by atoms with Crippen LogP contribution in [0.3, 0.4) is 0 Å². The summed E-state index contributed by atoms with van der Waals surface area (Å²) in [4.78, 5) is 11.8. The van der Waals surface area contributed by atoms with Gasteiger partial charge in [0.2, 0.25) is 5.91 Å². The molecular weight excluding hydrogens is 200 g/mol. The second-order valence-corrected chi connectivity index (χ2v) is 4.66. The Bertz CT molecular complexity index is 214. The predicted molar refractivity (Wildman–Crippen MR) is 69.2 cm³/mol. The van der Waals surface area contributed by atoms with Crippen LogP contribution in [0.5, 0.6) is 0 Å². The van der Waals surface area contributed by atoms with Crippen molar-refractivity contribution in [2.75, 3.05) is 0 Å². The normalized spacial score (nSPS) is 17.1. The molecule has 0 heterocycles. The molecule has 0 saturated carbocycles. The van der Waals surface area contributed by atoms with Crippen molar-refractivity contribution in [2.45, 2.75) is 71.9 Å². The van der Waals surface area contributed by atoms with Gasteiger partial charge in [0.25, 0.3) is 0 Å². The average molecular weight is 228 g/mol. The average Bonchev–Trinajstić information content (AvgIpc) is 2.28. The lowest BCUT2D eigenvalue weighted by atomic mass is 9.77. The summed E-state index contributed by atoms with van der Waals surface area (Å²) in [5, 5.41) is 3.46. The zero-order chi connectivity index (χ0) is 12.8. The number of carbonyl (C=O) groups excluding carboxylic acids is 1. The summed E-state index contributed by atoms with van der Waals surface area (Å²) in [6.07, 6.45) is 3.74. The fourth-order valence-electron chi connectivity index (χ4n) is 2.48. The molecule has 3 nitrogen and oxygen atoms in total. The monoisotopic (exact) mass is 228 g/mol. The largest absolute Gasteiger partial charge is 0.368 e. The van der Waals surface area contributed by atoms with E-state index in [1.807, 2.05) is 6.92 Å². The van der Waals surface area contributed by atoms with Crippen LogP contribution in [0.15, 0.2) is 0 Å². The number of amides is 1. The Balaban J connectivity index is 5.05. The predicted octanol–water partition coefficient (Wildman–Crippen LogP) is 2.44. The maximum absolute atomic E-state index is 11.8. The minimum Gasteiger partial charge on any atom is -0.368 e. The summed E-state index contributed by atoms with van der Waals surface area (Å²) < 4.78 is 0. The van der Waals surface area contributed by atoms with Crippen LogP contribution >= 0.6 is 0 Å².